The molecule has 0 radical (unpaired) electrons. The van der Waals surface area contributed by atoms with Crippen LogP contribution in [0.3, 0.4) is 0 Å². The lowest BCUT2D eigenvalue weighted by Gasteiger charge is -2.33. The second kappa shape index (κ2) is 24.0. The Morgan fingerprint density at radius 3 is 1.77 bits per heavy atom. The number of carboxylic acids is 1. The van der Waals surface area contributed by atoms with Gasteiger partial charge in [0.1, 0.15) is 29.8 Å². The van der Waals surface area contributed by atoms with Crippen LogP contribution < -0.4 is 32.3 Å². The Hall–Kier alpha value is -5.78. The fourth-order valence-corrected chi connectivity index (χ4v) is 6.92. The zero-order chi connectivity index (χ0) is 46.1. The Balaban J connectivity index is 1.83. The number of imidazole rings is 2. The first kappa shape index (κ1) is 50.6. The van der Waals surface area contributed by atoms with Gasteiger partial charge in [-0.05, 0) is 56.9 Å². The third-order valence-corrected chi connectivity index (χ3v) is 10.5. The minimum Gasteiger partial charge on any atom is -0.480 e. The van der Waals surface area contributed by atoms with Crippen molar-refractivity contribution in [3.8, 4) is 0 Å². The molecule has 1 aromatic carbocycles. The van der Waals surface area contributed by atoms with E-state index in [1.807, 2.05) is 65.0 Å². The highest BCUT2D eigenvalue weighted by atomic mass is 16.6. The highest BCUT2D eigenvalue weighted by Crippen LogP contribution is 2.22. The molecule has 18 heteroatoms. The quantitative estimate of drug-likeness (QED) is 0.0631. The van der Waals surface area contributed by atoms with Crippen LogP contribution in [0.5, 0.6) is 0 Å². The predicted octanol–water partition coefficient (Wildman–Crippen LogP) is 3.16. The van der Waals surface area contributed by atoms with E-state index in [-0.39, 0.29) is 43.4 Å². The number of carbonyl (C=O) groups is 6. The molecule has 0 fully saturated rings. The van der Waals surface area contributed by atoms with E-state index in [9.17, 15) is 33.9 Å². The average Bonchev–Trinajstić information content (AvgIpc) is 3.91. The van der Waals surface area contributed by atoms with Gasteiger partial charge >= 0.3 is 12.1 Å². The number of hydrogen-bond acceptors (Lipinski definition) is 10. The summed E-state index contributed by atoms with van der Waals surface area (Å²) >= 11 is 0. The lowest BCUT2D eigenvalue weighted by molar-refractivity contribution is -0.142. The van der Waals surface area contributed by atoms with E-state index in [2.05, 4.69) is 46.5 Å². The third kappa shape index (κ3) is 16.9. The van der Waals surface area contributed by atoms with E-state index in [0.717, 1.165) is 5.56 Å². The minimum atomic E-state index is -1.26. The lowest BCUT2D eigenvalue weighted by Crippen LogP contribution is -2.59. The number of aromatic nitrogens is 4. The molecule has 3 rings (SSSR count). The molecule has 18 nitrogen and oxygen atoms in total. The number of H-pyrrole nitrogens is 2. The molecule has 0 bridgehead atoms. The number of nitrogens with two attached hydrogens (primary N) is 1. The first-order valence-corrected chi connectivity index (χ1v) is 21.3. The second-order valence-corrected chi connectivity index (χ2v) is 17.8. The molecular weight excluding hydrogens is 797 g/mol. The molecule has 3 aromatic rings. The summed E-state index contributed by atoms with van der Waals surface area (Å²) in [6.07, 6.45) is 6.32. The monoisotopic (exact) mass is 865 g/mol. The largest absolute Gasteiger partial charge is 0.480 e. The number of nitrogens with one attached hydrogen (secondary N) is 7. The number of aromatic amines is 2. The zero-order valence-corrected chi connectivity index (χ0v) is 37.5. The van der Waals surface area contributed by atoms with Gasteiger partial charge in [0.2, 0.25) is 23.6 Å². The van der Waals surface area contributed by atoms with Crippen molar-refractivity contribution in [2.75, 3.05) is 0 Å². The van der Waals surface area contributed by atoms with Crippen molar-refractivity contribution in [1.82, 2.24) is 46.5 Å². The molecule has 5 amide bonds. The maximum atomic E-state index is 14.3. The molecule has 10 N–H and O–H groups in total. The number of rotatable bonds is 24. The van der Waals surface area contributed by atoms with Crippen LogP contribution in [0.4, 0.5) is 4.79 Å². The minimum absolute atomic E-state index is 0.0294. The molecule has 342 valence electrons. The summed E-state index contributed by atoms with van der Waals surface area (Å²) in [6.45, 7) is 16.5. The maximum Gasteiger partial charge on any atom is 0.408 e. The summed E-state index contributed by atoms with van der Waals surface area (Å²) in [5.41, 5.74) is 7.94. The van der Waals surface area contributed by atoms with Crippen LogP contribution in [0.2, 0.25) is 0 Å². The molecule has 0 aliphatic rings. The first-order chi connectivity index (χ1) is 29.2. The van der Waals surface area contributed by atoms with Gasteiger partial charge in [-0.1, -0.05) is 78.3 Å². The Bertz CT molecular complexity index is 1860. The van der Waals surface area contributed by atoms with Crippen molar-refractivity contribution in [2.24, 2.45) is 29.4 Å². The molecular formula is C44H68N10O8. The lowest BCUT2D eigenvalue weighted by atomic mass is 9.84. The van der Waals surface area contributed by atoms with Gasteiger partial charge in [0.15, 0.2) is 0 Å². The van der Waals surface area contributed by atoms with Gasteiger partial charge in [-0.25, -0.2) is 19.6 Å². The summed E-state index contributed by atoms with van der Waals surface area (Å²) in [6, 6.07) is 3.20. The van der Waals surface area contributed by atoms with E-state index in [1.54, 1.807) is 33.9 Å². The fraction of sp³-hybridized carbons (Fsp3) is 0.591. The Labute approximate surface area is 364 Å². The summed E-state index contributed by atoms with van der Waals surface area (Å²) < 4.78 is 5.46. The molecule has 62 heavy (non-hydrogen) atoms. The Morgan fingerprint density at radius 2 is 1.27 bits per heavy atom. The molecule has 2 heterocycles. The Kier molecular flexibility index (Phi) is 19.6. The van der Waals surface area contributed by atoms with E-state index in [1.165, 1.54) is 18.9 Å². The average molecular weight is 865 g/mol. The number of hydrogen-bond donors (Lipinski definition) is 9. The van der Waals surface area contributed by atoms with Gasteiger partial charge in [-0.3, -0.25) is 19.2 Å². The van der Waals surface area contributed by atoms with Crippen molar-refractivity contribution in [1.29, 1.82) is 0 Å². The number of ether oxygens (including phenoxy) is 1. The highest BCUT2D eigenvalue weighted by molar-refractivity contribution is 5.92. The van der Waals surface area contributed by atoms with E-state index in [0.29, 0.717) is 24.2 Å². The van der Waals surface area contributed by atoms with Crippen LogP contribution >= 0.6 is 0 Å². The number of carboxylic acid groups (broad SMARTS) is 1. The van der Waals surface area contributed by atoms with E-state index in [4.69, 9.17) is 10.5 Å². The molecule has 0 saturated heterocycles. The van der Waals surface area contributed by atoms with Crippen molar-refractivity contribution < 1.29 is 38.6 Å². The number of carbonyl (C=O) groups excluding carboxylic acids is 5. The number of alkyl carbamates (subject to hydrolysis) is 1. The molecule has 0 aliphatic heterocycles. The predicted molar refractivity (Wildman–Crippen MR) is 233 cm³/mol. The maximum absolute atomic E-state index is 14.3. The normalized spacial score (nSPS) is 15.5. The number of aliphatic carboxylic acids is 1. The van der Waals surface area contributed by atoms with Crippen LogP contribution in [-0.4, -0.2) is 103 Å². The number of amides is 5. The highest BCUT2D eigenvalue weighted by Gasteiger charge is 2.36. The fourth-order valence-electron chi connectivity index (χ4n) is 6.92. The zero-order valence-electron chi connectivity index (χ0n) is 37.5. The van der Waals surface area contributed by atoms with Crippen LogP contribution in [-0.2, 0) is 48.0 Å². The summed E-state index contributed by atoms with van der Waals surface area (Å²) in [5, 5.41) is 23.9. The molecule has 0 saturated carbocycles. The number of benzene rings is 1. The Morgan fingerprint density at radius 1 is 0.726 bits per heavy atom. The van der Waals surface area contributed by atoms with Crippen LogP contribution in [0.15, 0.2) is 55.4 Å². The molecule has 0 aliphatic carbocycles. The van der Waals surface area contributed by atoms with E-state index < -0.39 is 83.5 Å². The van der Waals surface area contributed by atoms with Crippen molar-refractivity contribution >= 4 is 35.7 Å². The molecule has 0 unspecified atom stereocenters. The van der Waals surface area contributed by atoms with Crippen LogP contribution in [0.25, 0.3) is 0 Å². The standard InChI is InChI=1S/C44H68N10O8/c1-10-27(6)37(41(58)52-36(42(59)60)19-30-22-47-24-49-30)54-38(55)31(26(4)5)20-32(45)33(16-25(2)3)50-40(57)35(18-29-21-46-23-48-29)51-39(56)34(17-28-14-12-11-13-15-28)53-43(61)62-44(7,8)9/h11-15,21-27,31-37H,10,16-20,45H2,1-9H3,(H,46,48)(H,47,49)(H,50,57)(H,51,56)(H,52,58)(H,53,61)(H,54,55)(H,59,60)/t27-,31+,32-,33-,34-,35-,36-,37-/m0/s1. The van der Waals surface area contributed by atoms with Gasteiger partial charge in [0.25, 0.3) is 0 Å². The van der Waals surface area contributed by atoms with Crippen LogP contribution in [0, 0.1) is 23.7 Å². The third-order valence-electron chi connectivity index (χ3n) is 10.5. The van der Waals surface area contributed by atoms with Crippen molar-refractivity contribution in [2.45, 2.75) is 143 Å². The van der Waals surface area contributed by atoms with Gasteiger partial charge in [-0.15, -0.1) is 0 Å². The summed E-state index contributed by atoms with van der Waals surface area (Å²) in [5.74, 6) is -4.67. The topological polar surface area (TPSA) is 275 Å². The van der Waals surface area contributed by atoms with Crippen molar-refractivity contribution in [3.63, 3.8) is 0 Å². The smallest absolute Gasteiger partial charge is 0.408 e. The second-order valence-electron chi connectivity index (χ2n) is 17.8. The first-order valence-electron chi connectivity index (χ1n) is 21.3. The summed E-state index contributed by atoms with van der Waals surface area (Å²) in [4.78, 5) is 94.9. The molecule has 2 aromatic heterocycles. The van der Waals surface area contributed by atoms with Gasteiger partial charge in [0.05, 0.1) is 12.7 Å². The van der Waals surface area contributed by atoms with Gasteiger partial charge < -0.3 is 52.1 Å². The number of nitrogens with zero attached hydrogens (tertiary/aromatic N) is 2. The van der Waals surface area contributed by atoms with Crippen LogP contribution in [0.1, 0.15) is 98.5 Å². The van der Waals surface area contributed by atoms with Gasteiger partial charge in [0, 0.05) is 61.0 Å². The van der Waals surface area contributed by atoms with Gasteiger partial charge in [-0.2, -0.15) is 0 Å². The molecule has 0 spiro atoms. The van der Waals surface area contributed by atoms with E-state index >= 15 is 0 Å². The molecule has 8 atom stereocenters. The summed E-state index contributed by atoms with van der Waals surface area (Å²) in [7, 11) is 0. The SMILES string of the molecule is CC[C@H](C)[C@H](NC(=O)[C@H](C[C@H](N)[C@H](CC(C)C)NC(=O)[C@H](Cc1cnc[nH]1)NC(=O)[C@H](Cc1ccccc1)NC(=O)OC(C)(C)C)C(C)C)C(=O)N[C@@H](Cc1cnc[nH]1)C(=O)O. The van der Waals surface area contributed by atoms with Crippen molar-refractivity contribution in [3.05, 3.63) is 72.3 Å².